The van der Waals surface area contributed by atoms with Crippen LogP contribution in [0.2, 0.25) is 5.02 Å². The fourth-order valence-corrected chi connectivity index (χ4v) is 4.75. The number of unbranched alkanes of at least 4 members (excludes halogenated alkanes) is 14. The molecule has 0 atom stereocenters. The molecule has 0 saturated carbocycles. The molecule has 0 bridgehead atoms. The third-order valence-electron chi connectivity index (χ3n) is 6.88. The number of benzene rings is 2. The van der Waals surface area contributed by atoms with Gasteiger partial charge in [-0.25, -0.2) is 4.79 Å². The van der Waals surface area contributed by atoms with Crippen LogP contribution in [0.4, 0.5) is 0 Å². The molecule has 0 aliphatic heterocycles. The molecule has 4 heteroatoms. The van der Waals surface area contributed by atoms with Crippen LogP contribution in [-0.4, -0.2) is 12.6 Å². The summed E-state index contributed by atoms with van der Waals surface area (Å²) in [4.78, 5) is 12.6. The quantitative estimate of drug-likeness (QED) is 0.0917. The summed E-state index contributed by atoms with van der Waals surface area (Å²) in [7, 11) is 0. The fraction of sp³-hybridized carbons (Fsp3) is 0.606. The first-order valence-corrected chi connectivity index (χ1v) is 15.2. The van der Waals surface area contributed by atoms with Gasteiger partial charge < -0.3 is 9.47 Å². The van der Waals surface area contributed by atoms with Crippen LogP contribution in [0.3, 0.4) is 0 Å². The number of hydrogen-bond acceptors (Lipinski definition) is 3. The molecule has 0 heterocycles. The molecule has 0 saturated heterocycles. The largest absolute Gasteiger partial charge is 0.492 e. The number of esters is 1. The predicted molar refractivity (Wildman–Crippen MR) is 157 cm³/mol. The van der Waals surface area contributed by atoms with Crippen LogP contribution < -0.4 is 9.47 Å². The summed E-state index contributed by atoms with van der Waals surface area (Å²) in [5.41, 5.74) is 1.71. The van der Waals surface area contributed by atoms with Gasteiger partial charge in [-0.2, -0.15) is 0 Å². The van der Waals surface area contributed by atoms with E-state index < -0.39 is 5.97 Å². The molecular weight excluding hydrogens is 480 g/mol. The van der Waals surface area contributed by atoms with E-state index in [2.05, 4.69) is 26.0 Å². The smallest absolute Gasteiger partial charge is 0.343 e. The minimum Gasteiger partial charge on any atom is -0.492 e. The van der Waals surface area contributed by atoms with Gasteiger partial charge in [0.15, 0.2) is 0 Å². The SMILES string of the molecule is CCCCCCCCCCOc1ccc(C(=O)Oc2ccc(CCCCCCCCCC)cc2)cc1Cl. The first-order valence-electron chi connectivity index (χ1n) is 14.9. The van der Waals surface area contributed by atoms with Crippen molar-refractivity contribution in [3.05, 3.63) is 58.6 Å². The molecule has 0 spiro atoms. The molecule has 0 N–H and O–H groups in total. The predicted octanol–water partition coefficient (Wildman–Crippen LogP) is 10.8. The number of halogens is 1. The van der Waals surface area contributed by atoms with Gasteiger partial charge in [-0.1, -0.05) is 127 Å². The van der Waals surface area contributed by atoms with E-state index in [1.165, 1.54) is 102 Å². The molecule has 206 valence electrons. The van der Waals surface area contributed by atoms with Gasteiger partial charge in [0, 0.05) is 0 Å². The Morgan fingerprint density at radius 1 is 0.676 bits per heavy atom. The van der Waals surface area contributed by atoms with Crippen molar-refractivity contribution in [3.8, 4) is 11.5 Å². The van der Waals surface area contributed by atoms with Crippen molar-refractivity contribution in [2.75, 3.05) is 6.61 Å². The Bertz CT molecular complexity index is 862. The number of hydrogen-bond donors (Lipinski definition) is 0. The van der Waals surface area contributed by atoms with Gasteiger partial charge >= 0.3 is 5.97 Å². The number of rotatable bonds is 21. The zero-order chi connectivity index (χ0) is 26.6. The first kappa shape index (κ1) is 31.2. The summed E-state index contributed by atoms with van der Waals surface area (Å²) in [6.07, 6.45) is 21.7. The van der Waals surface area contributed by atoms with Gasteiger partial charge in [-0.15, -0.1) is 0 Å². The second-order valence-corrected chi connectivity index (χ2v) is 10.6. The summed E-state index contributed by atoms with van der Waals surface area (Å²) >= 11 is 6.38. The van der Waals surface area contributed by atoms with E-state index in [-0.39, 0.29) is 0 Å². The van der Waals surface area contributed by atoms with Gasteiger partial charge in [-0.05, 0) is 55.2 Å². The lowest BCUT2D eigenvalue weighted by Crippen LogP contribution is -2.09. The maximum Gasteiger partial charge on any atom is 0.343 e. The van der Waals surface area contributed by atoms with Crippen LogP contribution in [0, 0.1) is 0 Å². The zero-order valence-electron chi connectivity index (χ0n) is 23.4. The van der Waals surface area contributed by atoms with Crippen molar-refractivity contribution in [2.24, 2.45) is 0 Å². The molecule has 0 unspecified atom stereocenters. The van der Waals surface area contributed by atoms with Crippen molar-refractivity contribution in [1.82, 2.24) is 0 Å². The van der Waals surface area contributed by atoms with Gasteiger partial charge in [0.05, 0.1) is 17.2 Å². The Morgan fingerprint density at radius 3 is 1.78 bits per heavy atom. The Morgan fingerprint density at radius 2 is 1.22 bits per heavy atom. The zero-order valence-corrected chi connectivity index (χ0v) is 24.1. The van der Waals surface area contributed by atoms with E-state index >= 15 is 0 Å². The van der Waals surface area contributed by atoms with Gasteiger partial charge in [-0.3, -0.25) is 0 Å². The second kappa shape index (κ2) is 20.0. The molecule has 37 heavy (non-hydrogen) atoms. The van der Waals surface area contributed by atoms with Crippen molar-refractivity contribution in [2.45, 2.75) is 123 Å². The monoisotopic (exact) mass is 528 g/mol. The molecular formula is C33H49ClO3. The lowest BCUT2D eigenvalue weighted by molar-refractivity contribution is 0.0734. The summed E-state index contributed by atoms with van der Waals surface area (Å²) in [5.74, 6) is 0.759. The van der Waals surface area contributed by atoms with Crippen molar-refractivity contribution >= 4 is 17.6 Å². The number of ether oxygens (including phenoxy) is 2. The van der Waals surface area contributed by atoms with Crippen LogP contribution in [0.5, 0.6) is 11.5 Å². The van der Waals surface area contributed by atoms with E-state index in [1.807, 2.05) is 12.1 Å². The van der Waals surface area contributed by atoms with Crippen LogP contribution in [0.1, 0.15) is 133 Å². The van der Waals surface area contributed by atoms with E-state index in [4.69, 9.17) is 21.1 Å². The van der Waals surface area contributed by atoms with Crippen LogP contribution in [0.25, 0.3) is 0 Å². The molecule has 2 aromatic carbocycles. The highest BCUT2D eigenvalue weighted by molar-refractivity contribution is 6.32. The molecule has 3 nitrogen and oxygen atoms in total. The summed E-state index contributed by atoms with van der Waals surface area (Å²) in [6, 6.07) is 13.0. The lowest BCUT2D eigenvalue weighted by Gasteiger charge is -2.10. The normalized spacial score (nSPS) is 11.0. The first-order chi connectivity index (χ1) is 18.1. The minimum absolute atomic E-state index is 0.410. The number of carbonyl (C=O) groups excluding carboxylic acids is 1. The second-order valence-electron chi connectivity index (χ2n) is 10.2. The molecule has 0 radical (unpaired) electrons. The molecule has 0 aliphatic carbocycles. The van der Waals surface area contributed by atoms with Crippen LogP contribution in [-0.2, 0) is 6.42 Å². The topological polar surface area (TPSA) is 35.5 Å². The van der Waals surface area contributed by atoms with E-state index in [0.29, 0.717) is 28.7 Å². The summed E-state index contributed by atoms with van der Waals surface area (Å²) < 4.78 is 11.4. The maximum absolute atomic E-state index is 12.6. The van der Waals surface area contributed by atoms with E-state index in [1.54, 1.807) is 18.2 Å². The molecule has 0 amide bonds. The third kappa shape index (κ3) is 13.9. The van der Waals surface area contributed by atoms with Crippen LogP contribution >= 0.6 is 11.6 Å². The van der Waals surface area contributed by atoms with E-state index in [0.717, 1.165) is 12.8 Å². The third-order valence-corrected chi connectivity index (χ3v) is 7.17. The average molecular weight is 529 g/mol. The Balaban J connectivity index is 1.65. The Hall–Kier alpha value is -2.00. The highest BCUT2D eigenvalue weighted by Gasteiger charge is 2.12. The molecule has 0 aliphatic rings. The molecule has 2 aromatic rings. The standard InChI is InChI=1S/C33H49ClO3/c1-3-5-7-9-11-13-15-17-19-28-20-23-30(24-21-28)37-33(35)29-22-25-32(31(34)27-29)36-26-18-16-14-12-10-8-6-4-2/h20-25,27H,3-19,26H2,1-2H3. The van der Waals surface area contributed by atoms with Crippen molar-refractivity contribution in [1.29, 1.82) is 0 Å². The van der Waals surface area contributed by atoms with Gasteiger partial charge in [0.25, 0.3) is 0 Å². The fourth-order valence-electron chi connectivity index (χ4n) is 4.52. The lowest BCUT2D eigenvalue weighted by atomic mass is 10.0. The molecule has 0 aromatic heterocycles. The molecule has 0 fully saturated rings. The van der Waals surface area contributed by atoms with Crippen molar-refractivity contribution in [3.63, 3.8) is 0 Å². The number of carbonyl (C=O) groups is 1. The highest BCUT2D eigenvalue weighted by Crippen LogP contribution is 2.27. The Kier molecular flexibility index (Phi) is 16.9. The van der Waals surface area contributed by atoms with E-state index in [9.17, 15) is 4.79 Å². The summed E-state index contributed by atoms with van der Waals surface area (Å²) in [6.45, 7) is 5.15. The summed E-state index contributed by atoms with van der Waals surface area (Å²) in [5, 5.41) is 0.440. The van der Waals surface area contributed by atoms with Crippen molar-refractivity contribution < 1.29 is 14.3 Å². The minimum atomic E-state index is -0.410. The average Bonchev–Trinajstić information content (AvgIpc) is 2.91. The Labute approximate surface area is 231 Å². The number of aryl methyl sites for hydroxylation is 1. The highest BCUT2D eigenvalue weighted by atomic mass is 35.5. The van der Waals surface area contributed by atoms with Gasteiger partial charge in [0.1, 0.15) is 11.5 Å². The van der Waals surface area contributed by atoms with Gasteiger partial charge in [0.2, 0.25) is 0 Å². The van der Waals surface area contributed by atoms with Crippen LogP contribution in [0.15, 0.2) is 42.5 Å². The maximum atomic E-state index is 12.6. The molecule has 2 rings (SSSR count).